The van der Waals surface area contributed by atoms with Crippen LogP contribution in [0.4, 0.5) is 0 Å². The fraction of sp³-hybridized carbons (Fsp3) is 0.238. The Bertz CT molecular complexity index is 875. The van der Waals surface area contributed by atoms with Gasteiger partial charge in [0.05, 0.1) is 18.8 Å². The third-order valence-electron chi connectivity index (χ3n) is 3.98. The fourth-order valence-electron chi connectivity index (χ4n) is 2.55. The van der Waals surface area contributed by atoms with Crippen molar-refractivity contribution < 1.29 is 9.15 Å². The van der Waals surface area contributed by atoms with Gasteiger partial charge in [-0.2, -0.15) is 0 Å². The second-order valence-electron chi connectivity index (χ2n) is 5.98. The highest BCUT2D eigenvalue weighted by molar-refractivity contribution is 5.79. The first kappa shape index (κ1) is 18.5. The molecule has 3 rings (SSSR count). The van der Waals surface area contributed by atoms with Crippen LogP contribution in [0.2, 0.25) is 0 Å². The summed E-state index contributed by atoms with van der Waals surface area (Å²) in [4.78, 5) is 8.71. The predicted molar refractivity (Wildman–Crippen MR) is 107 cm³/mol. The number of aromatic nitrogens is 1. The summed E-state index contributed by atoms with van der Waals surface area (Å²) in [6, 6.07) is 17.8. The number of para-hydroxylation sites is 1. The summed E-state index contributed by atoms with van der Waals surface area (Å²) < 4.78 is 11.3. The van der Waals surface area contributed by atoms with Crippen LogP contribution < -0.4 is 15.4 Å². The number of aliphatic imine (C=N–C) groups is 1. The smallest absolute Gasteiger partial charge is 0.226 e. The number of rotatable bonds is 7. The van der Waals surface area contributed by atoms with Gasteiger partial charge in [0.25, 0.3) is 0 Å². The van der Waals surface area contributed by atoms with Crippen molar-refractivity contribution in [3.63, 3.8) is 0 Å². The molecule has 0 radical (unpaired) electrons. The molecule has 1 aromatic heterocycles. The lowest BCUT2D eigenvalue weighted by molar-refractivity contribution is 0.320. The van der Waals surface area contributed by atoms with Crippen molar-refractivity contribution in [2.45, 2.75) is 13.5 Å². The summed E-state index contributed by atoms with van der Waals surface area (Å²) >= 11 is 0. The van der Waals surface area contributed by atoms with Gasteiger partial charge in [-0.1, -0.05) is 36.4 Å². The van der Waals surface area contributed by atoms with E-state index in [1.165, 1.54) is 0 Å². The number of hydrogen-bond donors (Lipinski definition) is 2. The topological polar surface area (TPSA) is 71.7 Å². The van der Waals surface area contributed by atoms with E-state index in [9.17, 15) is 0 Å². The molecule has 0 aliphatic heterocycles. The van der Waals surface area contributed by atoms with Crippen LogP contribution in [-0.2, 0) is 6.54 Å². The Kier molecular flexibility index (Phi) is 6.46. The number of benzene rings is 2. The SMILES string of the molecule is CN=C(NCCOc1ccccc1C)NCc1coc(-c2ccccc2)n1. The molecule has 0 spiro atoms. The second kappa shape index (κ2) is 9.43. The molecule has 0 aliphatic carbocycles. The highest BCUT2D eigenvalue weighted by Gasteiger charge is 2.07. The van der Waals surface area contributed by atoms with Crippen LogP contribution >= 0.6 is 0 Å². The van der Waals surface area contributed by atoms with E-state index in [2.05, 4.69) is 20.6 Å². The standard InChI is InChI=1S/C21H24N4O2/c1-16-8-6-7-11-19(16)26-13-12-23-21(22-2)24-14-18-15-27-20(25-18)17-9-4-3-5-10-17/h3-11,15H,12-14H2,1-2H3,(H2,22,23,24). The molecule has 0 fully saturated rings. The number of guanidine groups is 1. The Hall–Kier alpha value is -3.28. The fourth-order valence-corrected chi connectivity index (χ4v) is 2.55. The zero-order chi connectivity index (χ0) is 18.9. The minimum Gasteiger partial charge on any atom is -0.491 e. The number of oxazole rings is 1. The molecular formula is C21H24N4O2. The van der Waals surface area contributed by atoms with Gasteiger partial charge in [0.15, 0.2) is 5.96 Å². The number of hydrogen-bond acceptors (Lipinski definition) is 4. The molecule has 0 unspecified atom stereocenters. The summed E-state index contributed by atoms with van der Waals surface area (Å²) in [5.41, 5.74) is 2.90. The van der Waals surface area contributed by atoms with Crippen LogP contribution in [0.25, 0.3) is 11.5 Å². The zero-order valence-electron chi connectivity index (χ0n) is 15.6. The lowest BCUT2D eigenvalue weighted by Gasteiger charge is -2.12. The molecule has 0 amide bonds. The third kappa shape index (κ3) is 5.34. The van der Waals surface area contributed by atoms with Crippen molar-refractivity contribution >= 4 is 5.96 Å². The minimum absolute atomic E-state index is 0.522. The molecule has 2 N–H and O–H groups in total. The Balaban J connectivity index is 1.43. The van der Waals surface area contributed by atoms with Gasteiger partial charge in [0.1, 0.15) is 18.6 Å². The average Bonchev–Trinajstić information content (AvgIpc) is 3.18. The molecule has 6 heteroatoms. The Morgan fingerprint density at radius 1 is 1.07 bits per heavy atom. The van der Waals surface area contributed by atoms with Crippen LogP contribution in [0.5, 0.6) is 5.75 Å². The van der Waals surface area contributed by atoms with E-state index in [-0.39, 0.29) is 0 Å². The molecule has 27 heavy (non-hydrogen) atoms. The maximum Gasteiger partial charge on any atom is 0.226 e. The monoisotopic (exact) mass is 364 g/mol. The Morgan fingerprint density at radius 3 is 2.63 bits per heavy atom. The first-order chi connectivity index (χ1) is 13.3. The average molecular weight is 364 g/mol. The van der Waals surface area contributed by atoms with E-state index < -0.39 is 0 Å². The largest absolute Gasteiger partial charge is 0.491 e. The first-order valence-electron chi connectivity index (χ1n) is 8.89. The van der Waals surface area contributed by atoms with Gasteiger partial charge in [-0.05, 0) is 30.7 Å². The maximum absolute atomic E-state index is 5.77. The van der Waals surface area contributed by atoms with E-state index in [1.807, 2.05) is 61.5 Å². The molecule has 1 heterocycles. The molecule has 140 valence electrons. The minimum atomic E-state index is 0.522. The number of nitrogens with zero attached hydrogens (tertiary/aromatic N) is 2. The lowest BCUT2D eigenvalue weighted by Crippen LogP contribution is -2.38. The highest BCUT2D eigenvalue weighted by Crippen LogP contribution is 2.18. The summed E-state index contributed by atoms with van der Waals surface area (Å²) in [5.74, 6) is 2.20. The van der Waals surface area contributed by atoms with E-state index in [1.54, 1.807) is 13.3 Å². The van der Waals surface area contributed by atoms with Gasteiger partial charge in [-0.25, -0.2) is 4.98 Å². The first-order valence-corrected chi connectivity index (χ1v) is 8.89. The van der Waals surface area contributed by atoms with Gasteiger partial charge in [0.2, 0.25) is 5.89 Å². The summed E-state index contributed by atoms with van der Waals surface area (Å²) in [6.07, 6.45) is 1.66. The molecule has 0 atom stereocenters. The number of aryl methyl sites for hydroxylation is 1. The highest BCUT2D eigenvalue weighted by atomic mass is 16.5. The van der Waals surface area contributed by atoms with Gasteiger partial charge in [-0.3, -0.25) is 4.99 Å². The molecular weight excluding hydrogens is 340 g/mol. The van der Waals surface area contributed by atoms with Gasteiger partial charge in [-0.15, -0.1) is 0 Å². The molecule has 3 aromatic rings. The lowest BCUT2D eigenvalue weighted by atomic mass is 10.2. The molecule has 0 bridgehead atoms. The van der Waals surface area contributed by atoms with Crippen LogP contribution in [0.1, 0.15) is 11.3 Å². The summed E-state index contributed by atoms with van der Waals surface area (Å²) in [6.45, 7) is 3.75. The van der Waals surface area contributed by atoms with Crippen LogP contribution in [0.3, 0.4) is 0 Å². The molecule has 0 saturated carbocycles. The molecule has 0 aliphatic rings. The van der Waals surface area contributed by atoms with Crippen molar-refractivity contribution in [3.05, 3.63) is 72.1 Å². The molecule has 6 nitrogen and oxygen atoms in total. The maximum atomic E-state index is 5.77. The quantitative estimate of drug-likeness (QED) is 0.382. The van der Waals surface area contributed by atoms with E-state index >= 15 is 0 Å². The van der Waals surface area contributed by atoms with Gasteiger partial charge >= 0.3 is 0 Å². The Labute approximate surface area is 159 Å². The predicted octanol–water partition coefficient (Wildman–Crippen LogP) is 3.39. The van der Waals surface area contributed by atoms with Crippen molar-refractivity contribution in [2.75, 3.05) is 20.2 Å². The normalized spacial score (nSPS) is 11.3. The van der Waals surface area contributed by atoms with Gasteiger partial charge in [0, 0.05) is 12.6 Å². The van der Waals surface area contributed by atoms with Crippen molar-refractivity contribution in [3.8, 4) is 17.2 Å². The summed E-state index contributed by atoms with van der Waals surface area (Å²) in [7, 11) is 1.73. The van der Waals surface area contributed by atoms with Crippen molar-refractivity contribution in [1.29, 1.82) is 0 Å². The number of nitrogens with one attached hydrogen (secondary N) is 2. The van der Waals surface area contributed by atoms with Crippen LogP contribution in [0, 0.1) is 6.92 Å². The second-order valence-corrected chi connectivity index (χ2v) is 5.98. The van der Waals surface area contributed by atoms with E-state index in [0.717, 1.165) is 22.6 Å². The Morgan fingerprint density at radius 2 is 1.85 bits per heavy atom. The van der Waals surface area contributed by atoms with Gasteiger partial charge < -0.3 is 19.8 Å². The van der Waals surface area contributed by atoms with Crippen molar-refractivity contribution in [2.24, 2.45) is 4.99 Å². The number of ether oxygens (including phenoxy) is 1. The zero-order valence-corrected chi connectivity index (χ0v) is 15.6. The van der Waals surface area contributed by atoms with Crippen LogP contribution in [-0.4, -0.2) is 31.1 Å². The van der Waals surface area contributed by atoms with Crippen LogP contribution in [0.15, 0.2) is 70.3 Å². The molecule has 0 saturated heterocycles. The summed E-state index contributed by atoms with van der Waals surface area (Å²) in [5, 5.41) is 6.44. The third-order valence-corrected chi connectivity index (χ3v) is 3.98. The molecule has 2 aromatic carbocycles. The van der Waals surface area contributed by atoms with Crippen molar-refractivity contribution in [1.82, 2.24) is 15.6 Å². The van der Waals surface area contributed by atoms with E-state index in [0.29, 0.717) is 31.5 Å². The van der Waals surface area contributed by atoms with E-state index in [4.69, 9.17) is 9.15 Å².